The van der Waals surface area contributed by atoms with Crippen LogP contribution in [0.2, 0.25) is 0 Å². The lowest BCUT2D eigenvalue weighted by molar-refractivity contribution is -0.157. The molecule has 1 fully saturated rings. The molecule has 0 bridgehead atoms. The summed E-state index contributed by atoms with van der Waals surface area (Å²) in [4.78, 5) is 26.0. The Bertz CT molecular complexity index is 900. The molecule has 1 aromatic rings. The number of hydrogen-bond donors (Lipinski definition) is 0. The van der Waals surface area contributed by atoms with E-state index in [0.29, 0.717) is 0 Å². The van der Waals surface area contributed by atoms with Crippen LogP contribution in [-0.2, 0) is 14.2 Å². The molecule has 0 saturated carbocycles. The average molecular weight is 473 g/mol. The van der Waals surface area contributed by atoms with E-state index in [4.69, 9.17) is 46.9 Å². The molecular formula is C22H26Cl2O7. The molecule has 7 nitrogen and oxygen atoms in total. The number of carbonyl (C=O) groups is 2. The summed E-state index contributed by atoms with van der Waals surface area (Å²) in [6.07, 6.45) is 1.59. The molecule has 1 saturated heterocycles. The molecule has 0 spiro atoms. The summed E-state index contributed by atoms with van der Waals surface area (Å²) in [6.45, 7) is 7.09. The monoisotopic (exact) mass is 472 g/mol. The Morgan fingerprint density at radius 3 is 2.42 bits per heavy atom. The maximum atomic E-state index is 13.9. The Labute approximate surface area is 191 Å². The maximum absolute atomic E-state index is 13.9. The highest BCUT2D eigenvalue weighted by Crippen LogP contribution is 2.56. The Morgan fingerprint density at radius 2 is 1.81 bits per heavy atom. The van der Waals surface area contributed by atoms with Crippen LogP contribution in [0.3, 0.4) is 0 Å². The minimum atomic E-state index is -1.73. The number of methoxy groups -OCH3 is 2. The first kappa shape index (κ1) is 24.0. The molecular weight excluding hydrogens is 447 g/mol. The molecule has 1 heterocycles. The predicted octanol–water partition coefficient (Wildman–Crippen LogP) is 4.13. The third-order valence-corrected chi connectivity index (χ3v) is 6.98. The van der Waals surface area contributed by atoms with Gasteiger partial charge in [-0.05, 0) is 26.3 Å². The van der Waals surface area contributed by atoms with Crippen molar-refractivity contribution in [1.82, 2.24) is 0 Å². The van der Waals surface area contributed by atoms with Crippen LogP contribution in [-0.4, -0.2) is 60.8 Å². The van der Waals surface area contributed by atoms with Gasteiger partial charge in [0, 0.05) is 32.3 Å². The highest BCUT2D eigenvalue weighted by Gasteiger charge is 2.70. The van der Waals surface area contributed by atoms with Gasteiger partial charge in [0.1, 0.15) is 16.4 Å². The van der Waals surface area contributed by atoms with Crippen molar-refractivity contribution in [3.8, 4) is 11.5 Å². The summed E-state index contributed by atoms with van der Waals surface area (Å²) in [6, 6.07) is 2.97. The Kier molecular flexibility index (Phi) is 6.75. The number of carbonyl (C=O) groups excluding carboxylic acids is 2. The predicted molar refractivity (Wildman–Crippen MR) is 116 cm³/mol. The van der Waals surface area contributed by atoms with Gasteiger partial charge in [-0.3, -0.25) is 9.59 Å². The van der Waals surface area contributed by atoms with Crippen LogP contribution in [0.25, 0.3) is 0 Å². The van der Waals surface area contributed by atoms with Crippen molar-refractivity contribution in [2.24, 2.45) is 0 Å². The van der Waals surface area contributed by atoms with Gasteiger partial charge in [-0.2, -0.15) is 0 Å². The average Bonchev–Trinajstić information content (AvgIpc) is 2.72. The van der Waals surface area contributed by atoms with Crippen molar-refractivity contribution in [1.29, 1.82) is 0 Å². The molecule has 1 aliphatic carbocycles. The summed E-state index contributed by atoms with van der Waals surface area (Å²) in [5.74, 6) is -0.559. The van der Waals surface area contributed by atoms with Crippen LogP contribution >= 0.6 is 23.2 Å². The van der Waals surface area contributed by atoms with Gasteiger partial charge in [-0.1, -0.05) is 6.08 Å². The molecule has 1 aliphatic heterocycles. The minimum absolute atomic E-state index is 0.0327. The van der Waals surface area contributed by atoms with Crippen molar-refractivity contribution < 1.29 is 33.3 Å². The van der Waals surface area contributed by atoms with E-state index in [0.717, 1.165) is 0 Å². The molecule has 3 atom stereocenters. The Morgan fingerprint density at radius 1 is 1.16 bits per heavy atom. The zero-order valence-electron chi connectivity index (χ0n) is 18.0. The number of Topliss-reactive ketones (excluding diaryl/α,β-unsaturated/α-hetero) is 2. The number of alkyl halides is 2. The van der Waals surface area contributed by atoms with E-state index in [2.05, 4.69) is 6.58 Å². The number of halogens is 2. The van der Waals surface area contributed by atoms with E-state index in [1.54, 1.807) is 13.8 Å². The second kappa shape index (κ2) is 8.71. The molecule has 0 amide bonds. The zero-order valence-corrected chi connectivity index (χ0v) is 19.5. The standard InChI is InChI=1S/C22H26Cl2O7/c1-6-7-22-18(25)14-8-13(29-11-27-4)9-15(30-12-28-5)17(14)19(26)21(22,24)10-16(23)20(2,3)31-22/h6,8-9,16H,1,7,10-12H2,2-5H3/t16-,21+,22+/m1/s1. The molecule has 170 valence electrons. The molecule has 9 heteroatoms. The Hall–Kier alpha value is -1.64. The van der Waals surface area contributed by atoms with Gasteiger partial charge in [0.05, 0.1) is 16.5 Å². The van der Waals surface area contributed by atoms with Crippen LogP contribution < -0.4 is 9.47 Å². The van der Waals surface area contributed by atoms with Gasteiger partial charge >= 0.3 is 0 Å². The number of fused-ring (bicyclic) bond motifs is 2. The lowest BCUT2D eigenvalue weighted by Gasteiger charge is -2.56. The zero-order chi connectivity index (χ0) is 23.0. The molecule has 1 aromatic carbocycles. The van der Waals surface area contributed by atoms with Crippen molar-refractivity contribution in [3.63, 3.8) is 0 Å². The minimum Gasteiger partial charge on any atom is -0.467 e. The fourth-order valence-corrected chi connectivity index (χ4v) is 4.92. The second-order valence-electron chi connectivity index (χ2n) is 8.10. The number of ether oxygens (including phenoxy) is 5. The summed E-state index contributed by atoms with van der Waals surface area (Å²) >= 11 is 13.5. The van der Waals surface area contributed by atoms with Gasteiger partial charge < -0.3 is 23.7 Å². The van der Waals surface area contributed by atoms with Crippen LogP contribution in [0.5, 0.6) is 11.5 Å². The molecule has 3 rings (SSSR count). The Balaban J connectivity index is 2.26. The topological polar surface area (TPSA) is 80.3 Å². The highest BCUT2D eigenvalue weighted by molar-refractivity contribution is 6.45. The lowest BCUT2D eigenvalue weighted by atomic mass is 9.63. The van der Waals surface area contributed by atoms with Gasteiger partial charge in [0.2, 0.25) is 0 Å². The molecule has 0 aromatic heterocycles. The fraction of sp³-hybridized carbons (Fsp3) is 0.545. The fourth-order valence-electron chi connectivity index (χ4n) is 4.12. The molecule has 0 N–H and O–H groups in total. The van der Waals surface area contributed by atoms with Crippen LogP contribution in [0.1, 0.15) is 47.4 Å². The second-order valence-corrected chi connectivity index (χ2v) is 9.27. The van der Waals surface area contributed by atoms with Crippen LogP contribution in [0.4, 0.5) is 0 Å². The number of rotatable bonds is 8. The van der Waals surface area contributed by atoms with E-state index < -0.39 is 33.0 Å². The van der Waals surface area contributed by atoms with Gasteiger partial charge in [0.25, 0.3) is 0 Å². The molecule has 2 aliphatic rings. The SMILES string of the molecule is C=CC[C@@]12OC(C)(C)[C@H](Cl)C[C@]1(Cl)C(=O)c1c(OCOC)cc(OCOC)cc1C2=O. The van der Waals surface area contributed by atoms with Crippen molar-refractivity contribution >= 4 is 34.8 Å². The number of hydrogen-bond acceptors (Lipinski definition) is 7. The smallest absolute Gasteiger partial charge is 0.198 e. The quantitative estimate of drug-likeness (QED) is 0.319. The summed E-state index contributed by atoms with van der Waals surface area (Å²) < 4.78 is 27.3. The van der Waals surface area contributed by atoms with E-state index in [1.807, 2.05) is 0 Å². The van der Waals surface area contributed by atoms with Gasteiger partial charge in [0.15, 0.2) is 30.8 Å². The first-order valence-electron chi connectivity index (χ1n) is 9.73. The van der Waals surface area contributed by atoms with Crippen LogP contribution in [0.15, 0.2) is 24.8 Å². The van der Waals surface area contributed by atoms with E-state index in [1.165, 1.54) is 32.4 Å². The maximum Gasteiger partial charge on any atom is 0.198 e. The van der Waals surface area contributed by atoms with Crippen molar-refractivity contribution in [2.75, 3.05) is 27.8 Å². The summed E-state index contributed by atoms with van der Waals surface area (Å²) in [7, 11) is 2.91. The highest BCUT2D eigenvalue weighted by atomic mass is 35.5. The largest absolute Gasteiger partial charge is 0.467 e. The normalized spacial score (nSPS) is 29.2. The van der Waals surface area contributed by atoms with E-state index >= 15 is 0 Å². The molecule has 31 heavy (non-hydrogen) atoms. The van der Waals surface area contributed by atoms with Gasteiger partial charge in [-0.25, -0.2) is 0 Å². The molecule has 0 radical (unpaired) electrons. The number of ketones is 2. The summed E-state index contributed by atoms with van der Waals surface area (Å²) in [5, 5.41) is -0.603. The summed E-state index contributed by atoms with van der Waals surface area (Å²) in [5.41, 5.74) is -2.44. The third-order valence-electron chi connectivity index (χ3n) is 5.67. The number of benzene rings is 1. The third kappa shape index (κ3) is 3.76. The van der Waals surface area contributed by atoms with E-state index in [-0.39, 0.29) is 49.1 Å². The van der Waals surface area contributed by atoms with Crippen molar-refractivity contribution in [2.45, 2.75) is 48.1 Å². The van der Waals surface area contributed by atoms with E-state index in [9.17, 15) is 9.59 Å². The van der Waals surface area contributed by atoms with Crippen molar-refractivity contribution in [3.05, 3.63) is 35.9 Å². The molecule has 0 unspecified atom stereocenters. The van der Waals surface area contributed by atoms with Crippen LogP contribution in [0, 0.1) is 0 Å². The van der Waals surface area contributed by atoms with Gasteiger partial charge in [-0.15, -0.1) is 29.8 Å². The first-order valence-corrected chi connectivity index (χ1v) is 10.5. The lowest BCUT2D eigenvalue weighted by Crippen LogP contribution is -2.72. The first-order chi connectivity index (χ1) is 14.6.